The lowest BCUT2D eigenvalue weighted by molar-refractivity contribution is -0.0328. The first-order valence-electron chi connectivity index (χ1n) is 7.69. The highest BCUT2D eigenvalue weighted by Crippen LogP contribution is 2.58. The second-order valence-electron chi connectivity index (χ2n) is 6.96. The number of anilines is 2. The second-order valence-corrected chi connectivity index (χ2v) is 6.96. The van der Waals surface area contributed by atoms with E-state index in [0.717, 1.165) is 40.9 Å². The van der Waals surface area contributed by atoms with Crippen molar-refractivity contribution in [3.8, 4) is 0 Å². The predicted molar refractivity (Wildman–Crippen MR) is 77.0 cm³/mol. The fourth-order valence-electron chi connectivity index (χ4n) is 5.40. The quantitative estimate of drug-likeness (QED) is 0.859. The smallest absolute Gasteiger partial charge is 0.145 e. The first-order chi connectivity index (χ1) is 9.17. The van der Waals surface area contributed by atoms with E-state index in [1.165, 1.54) is 32.1 Å². The minimum Gasteiger partial charge on any atom is -0.384 e. The fourth-order valence-corrected chi connectivity index (χ4v) is 5.40. The van der Waals surface area contributed by atoms with Crippen LogP contribution in [-0.4, -0.2) is 16.8 Å². The number of aryl methyl sites for hydroxylation is 1. The number of hydrogen-bond acceptors (Lipinski definition) is 3. The van der Waals surface area contributed by atoms with E-state index in [9.17, 15) is 0 Å². The summed E-state index contributed by atoms with van der Waals surface area (Å²) in [5.74, 6) is 4.49. The van der Waals surface area contributed by atoms with Crippen LogP contribution in [0.1, 0.15) is 43.8 Å². The monoisotopic (exact) mass is 260 g/mol. The van der Waals surface area contributed by atoms with Gasteiger partial charge in [-0.25, -0.2) is 4.68 Å². The first-order valence-corrected chi connectivity index (χ1v) is 7.69. The molecule has 4 aliphatic carbocycles. The summed E-state index contributed by atoms with van der Waals surface area (Å²) in [6.07, 6.45) is 7.13. The Morgan fingerprint density at radius 2 is 1.68 bits per heavy atom. The van der Waals surface area contributed by atoms with Crippen molar-refractivity contribution in [1.29, 1.82) is 0 Å². The van der Waals surface area contributed by atoms with Gasteiger partial charge in [0, 0.05) is 7.05 Å². The van der Waals surface area contributed by atoms with Gasteiger partial charge in [0.15, 0.2) is 0 Å². The van der Waals surface area contributed by atoms with Crippen LogP contribution in [0.4, 0.5) is 11.5 Å². The van der Waals surface area contributed by atoms with Crippen LogP contribution < -0.4 is 11.1 Å². The molecule has 0 radical (unpaired) electrons. The lowest BCUT2D eigenvalue weighted by Crippen LogP contribution is -2.46. The lowest BCUT2D eigenvalue weighted by Gasteiger charge is -2.54. The van der Waals surface area contributed by atoms with Crippen molar-refractivity contribution in [2.24, 2.45) is 23.7 Å². The van der Waals surface area contributed by atoms with Crippen LogP contribution in [0.2, 0.25) is 0 Å². The third-order valence-corrected chi connectivity index (χ3v) is 5.83. The molecular weight excluding hydrogens is 236 g/mol. The Labute approximate surface area is 114 Å². The van der Waals surface area contributed by atoms with E-state index in [4.69, 9.17) is 10.8 Å². The van der Waals surface area contributed by atoms with E-state index in [0.29, 0.717) is 6.04 Å². The molecule has 1 aromatic rings. The number of nitrogens with zero attached hydrogens (tertiary/aromatic N) is 2. The molecule has 0 amide bonds. The van der Waals surface area contributed by atoms with E-state index >= 15 is 0 Å². The maximum absolute atomic E-state index is 6.33. The number of hydrogen-bond donors (Lipinski definition) is 2. The van der Waals surface area contributed by atoms with Crippen LogP contribution in [-0.2, 0) is 0 Å². The Bertz CT molecular complexity index is 476. The first kappa shape index (κ1) is 11.6. The fraction of sp³-hybridized carbons (Fsp3) is 0.800. The molecule has 0 unspecified atom stereocenters. The normalized spacial score (nSPS) is 39.8. The minimum atomic E-state index is 0.564. The summed E-state index contributed by atoms with van der Waals surface area (Å²) in [6.45, 7) is 2.05. The SMILES string of the molecule is CNc1c(C)nn(C2C3CC4CC(C3)CC2C4)c1N. The van der Waals surface area contributed by atoms with Crippen LogP contribution in [0.5, 0.6) is 0 Å². The summed E-state index contributed by atoms with van der Waals surface area (Å²) in [6, 6.07) is 0.564. The van der Waals surface area contributed by atoms with Crippen LogP contribution in [0, 0.1) is 30.6 Å². The second kappa shape index (κ2) is 3.90. The molecule has 0 atom stereocenters. The summed E-state index contributed by atoms with van der Waals surface area (Å²) in [4.78, 5) is 0. The molecule has 0 aromatic carbocycles. The van der Waals surface area contributed by atoms with Crippen LogP contribution in [0.15, 0.2) is 0 Å². The summed E-state index contributed by atoms with van der Waals surface area (Å²) in [7, 11) is 1.93. The van der Waals surface area contributed by atoms with Crippen LogP contribution >= 0.6 is 0 Å². The molecule has 0 spiro atoms. The topological polar surface area (TPSA) is 55.9 Å². The average Bonchev–Trinajstić information content (AvgIpc) is 2.63. The van der Waals surface area contributed by atoms with E-state index < -0.39 is 0 Å². The molecule has 1 aromatic heterocycles. The van der Waals surface area contributed by atoms with Crippen molar-refractivity contribution in [2.45, 2.75) is 45.1 Å². The Hall–Kier alpha value is -1.19. The molecule has 0 aliphatic heterocycles. The Kier molecular flexibility index (Phi) is 2.39. The highest BCUT2D eigenvalue weighted by Gasteiger charge is 2.49. The van der Waals surface area contributed by atoms with Gasteiger partial charge in [0.05, 0.1) is 17.4 Å². The van der Waals surface area contributed by atoms with Gasteiger partial charge in [-0.2, -0.15) is 5.10 Å². The molecule has 5 rings (SSSR count). The van der Waals surface area contributed by atoms with Gasteiger partial charge in [-0.1, -0.05) is 0 Å². The third-order valence-electron chi connectivity index (χ3n) is 5.83. The molecule has 4 heteroatoms. The van der Waals surface area contributed by atoms with Gasteiger partial charge in [0.2, 0.25) is 0 Å². The third kappa shape index (κ3) is 1.55. The molecule has 4 nitrogen and oxygen atoms in total. The van der Waals surface area contributed by atoms with E-state index in [-0.39, 0.29) is 0 Å². The zero-order valence-electron chi connectivity index (χ0n) is 11.9. The van der Waals surface area contributed by atoms with E-state index in [2.05, 4.69) is 16.9 Å². The maximum Gasteiger partial charge on any atom is 0.145 e. The zero-order chi connectivity index (χ0) is 13.1. The van der Waals surface area contributed by atoms with E-state index in [1.807, 2.05) is 7.05 Å². The van der Waals surface area contributed by atoms with E-state index in [1.54, 1.807) is 0 Å². The van der Waals surface area contributed by atoms with Crippen molar-refractivity contribution < 1.29 is 0 Å². The summed E-state index contributed by atoms with van der Waals surface area (Å²) in [5, 5.41) is 7.95. The number of nitrogen functional groups attached to an aromatic ring is 1. The number of aromatic nitrogens is 2. The Morgan fingerprint density at radius 1 is 1.11 bits per heavy atom. The van der Waals surface area contributed by atoms with Crippen molar-refractivity contribution in [2.75, 3.05) is 18.1 Å². The summed E-state index contributed by atoms with van der Waals surface area (Å²) in [5.41, 5.74) is 8.39. The molecule has 3 N–H and O–H groups in total. The molecule has 19 heavy (non-hydrogen) atoms. The standard InChI is InChI=1S/C15H24N4/c1-8-13(17-2)15(16)19(18-8)14-11-4-9-3-10(6-11)7-12(14)5-9/h9-12,14,17H,3-7,16H2,1-2H3. The van der Waals surface area contributed by atoms with Gasteiger partial charge >= 0.3 is 0 Å². The molecular formula is C15H24N4. The molecule has 1 heterocycles. The molecule has 104 valence electrons. The Morgan fingerprint density at radius 3 is 2.16 bits per heavy atom. The largest absolute Gasteiger partial charge is 0.384 e. The molecule has 4 bridgehead atoms. The van der Waals surface area contributed by atoms with Gasteiger partial charge in [0.1, 0.15) is 5.82 Å². The van der Waals surface area contributed by atoms with Gasteiger partial charge in [-0.05, 0) is 62.7 Å². The van der Waals surface area contributed by atoms with Gasteiger partial charge in [-0.3, -0.25) is 0 Å². The highest BCUT2D eigenvalue weighted by molar-refractivity contribution is 5.65. The maximum atomic E-state index is 6.33. The summed E-state index contributed by atoms with van der Waals surface area (Å²) < 4.78 is 2.16. The van der Waals surface area contributed by atoms with Crippen molar-refractivity contribution >= 4 is 11.5 Å². The molecule has 4 aliphatic rings. The highest BCUT2D eigenvalue weighted by atomic mass is 15.4. The van der Waals surface area contributed by atoms with Crippen molar-refractivity contribution in [1.82, 2.24) is 9.78 Å². The zero-order valence-corrected chi connectivity index (χ0v) is 11.9. The number of rotatable bonds is 2. The minimum absolute atomic E-state index is 0.564. The average molecular weight is 260 g/mol. The Balaban J connectivity index is 1.73. The molecule has 0 saturated heterocycles. The van der Waals surface area contributed by atoms with Crippen molar-refractivity contribution in [3.05, 3.63) is 5.69 Å². The molecule has 4 saturated carbocycles. The molecule has 4 fully saturated rings. The number of nitrogens with one attached hydrogen (secondary N) is 1. The number of nitrogens with two attached hydrogens (primary N) is 1. The van der Waals surface area contributed by atoms with Crippen molar-refractivity contribution in [3.63, 3.8) is 0 Å². The lowest BCUT2D eigenvalue weighted by atomic mass is 9.54. The predicted octanol–water partition coefficient (Wildman–Crippen LogP) is 2.81. The summed E-state index contributed by atoms with van der Waals surface area (Å²) >= 11 is 0. The van der Waals surface area contributed by atoms with Crippen LogP contribution in [0.3, 0.4) is 0 Å². The van der Waals surface area contributed by atoms with Crippen LogP contribution in [0.25, 0.3) is 0 Å². The van der Waals surface area contributed by atoms with Gasteiger partial charge in [-0.15, -0.1) is 0 Å². The van der Waals surface area contributed by atoms with Gasteiger partial charge in [0.25, 0.3) is 0 Å². The van der Waals surface area contributed by atoms with Gasteiger partial charge < -0.3 is 11.1 Å².